The molecule has 0 heterocycles. The molecule has 0 aliphatic carbocycles. The van der Waals surface area contributed by atoms with Crippen molar-refractivity contribution in [3.63, 3.8) is 0 Å². The third-order valence-corrected chi connectivity index (χ3v) is 2.72. The summed E-state index contributed by atoms with van der Waals surface area (Å²) in [5.41, 5.74) is 7.86. The van der Waals surface area contributed by atoms with Gasteiger partial charge in [0.1, 0.15) is 0 Å². The van der Waals surface area contributed by atoms with Crippen LogP contribution in [0.3, 0.4) is 0 Å². The second-order valence-corrected chi connectivity index (χ2v) is 4.31. The van der Waals surface area contributed by atoms with Gasteiger partial charge in [-0.05, 0) is 50.5 Å². The maximum Gasteiger partial charge on any atom is 0.248 e. The quantitative estimate of drug-likeness (QED) is 0.741. The zero-order valence-electron chi connectivity index (χ0n) is 10.5. The van der Waals surface area contributed by atoms with Crippen LogP contribution < -0.4 is 11.1 Å². The number of nitrogens with two attached hydrogens (primary N) is 1. The molecule has 0 bridgehead atoms. The van der Waals surface area contributed by atoms with Crippen LogP contribution >= 0.6 is 0 Å². The normalized spacial score (nSPS) is 11.9. The van der Waals surface area contributed by atoms with Crippen molar-refractivity contribution in [2.45, 2.75) is 32.7 Å². The minimum atomic E-state index is -0.389. The van der Waals surface area contributed by atoms with Crippen molar-refractivity contribution in [1.82, 2.24) is 0 Å². The topological polar surface area (TPSA) is 55.1 Å². The molecule has 0 spiro atoms. The van der Waals surface area contributed by atoms with Gasteiger partial charge in [0, 0.05) is 17.3 Å². The maximum atomic E-state index is 11.0. The van der Waals surface area contributed by atoms with E-state index in [1.54, 1.807) is 6.07 Å². The Balaban J connectivity index is 2.72. The Labute approximate surface area is 103 Å². The van der Waals surface area contributed by atoms with Crippen molar-refractivity contribution in [2.75, 3.05) is 5.32 Å². The Morgan fingerprint density at radius 1 is 1.59 bits per heavy atom. The molecule has 0 aliphatic heterocycles. The Morgan fingerprint density at radius 3 is 2.82 bits per heavy atom. The van der Waals surface area contributed by atoms with Gasteiger partial charge in [0.05, 0.1) is 0 Å². The Morgan fingerprint density at radius 2 is 2.29 bits per heavy atom. The zero-order chi connectivity index (χ0) is 12.8. The van der Waals surface area contributed by atoms with E-state index in [0.717, 1.165) is 24.1 Å². The maximum absolute atomic E-state index is 11.0. The summed E-state index contributed by atoms with van der Waals surface area (Å²) < 4.78 is 0. The number of allylic oxidation sites excluding steroid dienone is 1. The van der Waals surface area contributed by atoms with Gasteiger partial charge in [0.25, 0.3) is 0 Å². The largest absolute Gasteiger partial charge is 0.382 e. The SMILES string of the molecule is C=CCCC(C)Nc1ccc(C(N)=O)cc1C. The van der Waals surface area contributed by atoms with Crippen LogP contribution in [0.4, 0.5) is 5.69 Å². The first kappa shape index (κ1) is 13.3. The second-order valence-electron chi connectivity index (χ2n) is 4.31. The number of rotatable bonds is 6. The van der Waals surface area contributed by atoms with E-state index in [-0.39, 0.29) is 5.91 Å². The molecule has 0 saturated heterocycles. The summed E-state index contributed by atoms with van der Waals surface area (Å²) in [6.45, 7) is 7.81. The summed E-state index contributed by atoms with van der Waals surface area (Å²) >= 11 is 0. The Hall–Kier alpha value is -1.77. The van der Waals surface area contributed by atoms with Crippen molar-refractivity contribution < 1.29 is 4.79 Å². The van der Waals surface area contributed by atoms with Crippen LogP contribution in [0.15, 0.2) is 30.9 Å². The molecule has 0 aliphatic rings. The zero-order valence-corrected chi connectivity index (χ0v) is 10.5. The fourth-order valence-corrected chi connectivity index (χ4v) is 1.68. The van der Waals surface area contributed by atoms with Gasteiger partial charge in [-0.2, -0.15) is 0 Å². The number of hydrogen-bond acceptors (Lipinski definition) is 2. The lowest BCUT2D eigenvalue weighted by atomic mass is 10.1. The summed E-state index contributed by atoms with van der Waals surface area (Å²) in [7, 11) is 0. The van der Waals surface area contributed by atoms with E-state index in [2.05, 4.69) is 18.8 Å². The number of carbonyl (C=O) groups excluding carboxylic acids is 1. The van der Waals surface area contributed by atoms with E-state index >= 15 is 0 Å². The minimum Gasteiger partial charge on any atom is -0.382 e. The molecule has 0 radical (unpaired) electrons. The van der Waals surface area contributed by atoms with Crippen LogP contribution in [0.25, 0.3) is 0 Å². The molecule has 1 unspecified atom stereocenters. The Kier molecular flexibility index (Phi) is 4.76. The molecule has 17 heavy (non-hydrogen) atoms. The first-order valence-electron chi connectivity index (χ1n) is 5.82. The average Bonchev–Trinajstić information content (AvgIpc) is 2.28. The molecule has 3 nitrogen and oxygen atoms in total. The standard InChI is InChI=1S/C14H20N2O/c1-4-5-6-11(3)16-13-8-7-12(14(15)17)9-10(13)2/h4,7-9,11,16H,1,5-6H2,2-3H3,(H2,15,17). The number of hydrogen-bond donors (Lipinski definition) is 2. The number of anilines is 1. The average molecular weight is 232 g/mol. The molecule has 1 aromatic rings. The highest BCUT2D eigenvalue weighted by atomic mass is 16.1. The van der Waals surface area contributed by atoms with E-state index in [4.69, 9.17) is 5.73 Å². The molecule has 1 atom stereocenters. The van der Waals surface area contributed by atoms with Crippen LogP contribution in [0, 0.1) is 6.92 Å². The van der Waals surface area contributed by atoms with Crippen molar-refractivity contribution in [1.29, 1.82) is 0 Å². The van der Waals surface area contributed by atoms with Crippen molar-refractivity contribution >= 4 is 11.6 Å². The van der Waals surface area contributed by atoms with E-state index in [0.29, 0.717) is 11.6 Å². The summed E-state index contributed by atoms with van der Waals surface area (Å²) in [6, 6.07) is 5.84. The fourth-order valence-electron chi connectivity index (χ4n) is 1.68. The number of nitrogens with one attached hydrogen (secondary N) is 1. The van der Waals surface area contributed by atoms with Gasteiger partial charge in [-0.25, -0.2) is 0 Å². The third-order valence-electron chi connectivity index (χ3n) is 2.72. The molecule has 3 heteroatoms. The molecule has 1 amide bonds. The molecule has 0 saturated carbocycles. The number of amides is 1. The molecule has 1 aromatic carbocycles. The molecule has 92 valence electrons. The molecular weight excluding hydrogens is 212 g/mol. The van der Waals surface area contributed by atoms with Crippen molar-refractivity contribution in [3.8, 4) is 0 Å². The van der Waals surface area contributed by atoms with E-state index in [1.165, 1.54) is 0 Å². The highest BCUT2D eigenvalue weighted by molar-refractivity contribution is 5.93. The van der Waals surface area contributed by atoms with Crippen LogP contribution in [0.1, 0.15) is 35.7 Å². The number of carbonyl (C=O) groups is 1. The van der Waals surface area contributed by atoms with Gasteiger partial charge >= 0.3 is 0 Å². The third kappa shape index (κ3) is 3.94. The van der Waals surface area contributed by atoms with Gasteiger partial charge < -0.3 is 11.1 Å². The first-order valence-corrected chi connectivity index (χ1v) is 5.82. The number of aryl methyl sites for hydroxylation is 1. The van der Waals surface area contributed by atoms with Gasteiger partial charge in [-0.1, -0.05) is 6.08 Å². The summed E-state index contributed by atoms with van der Waals surface area (Å²) in [5, 5.41) is 3.41. The Bertz CT molecular complexity index is 413. The lowest BCUT2D eigenvalue weighted by molar-refractivity contribution is 0.100. The van der Waals surface area contributed by atoms with Crippen LogP contribution in [-0.2, 0) is 0 Å². The first-order chi connectivity index (χ1) is 8.04. The highest BCUT2D eigenvalue weighted by Gasteiger charge is 2.06. The molecular formula is C14H20N2O. The van der Waals surface area contributed by atoms with Crippen LogP contribution in [0.2, 0.25) is 0 Å². The molecule has 0 fully saturated rings. The predicted molar refractivity (Wildman–Crippen MR) is 72.2 cm³/mol. The lowest BCUT2D eigenvalue weighted by Crippen LogP contribution is -2.16. The highest BCUT2D eigenvalue weighted by Crippen LogP contribution is 2.18. The smallest absolute Gasteiger partial charge is 0.248 e. The van der Waals surface area contributed by atoms with Crippen LogP contribution in [-0.4, -0.2) is 11.9 Å². The predicted octanol–water partition coefficient (Wildman–Crippen LogP) is 2.86. The summed E-state index contributed by atoms with van der Waals surface area (Å²) in [4.78, 5) is 11.0. The fraction of sp³-hybridized carbons (Fsp3) is 0.357. The van der Waals surface area contributed by atoms with Crippen LogP contribution in [0.5, 0.6) is 0 Å². The van der Waals surface area contributed by atoms with Gasteiger partial charge in [-0.15, -0.1) is 6.58 Å². The van der Waals surface area contributed by atoms with Gasteiger partial charge in [0.15, 0.2) is 0 Å². The molecule has 3 N–H and O–H groups in total. The lowest BCUT2D eigenvalue weighted by Gasteiger charge is -2.16. The number of benzene rings is 1. The molecule has 0 aromatic heterocycles. The van der Waals surface area contributed by atoms with Gasteiger partial charge in [0.2, 0.25) is 5.91 Å². The minimum absolute atomic E-state index is 0.381. The van der Waals surface area contributed by atoms with E-state index < -0.39 is 0 Å². The summed E-state index contributed by atoms with van der Waals surface area (Å²) in [5.74, 6) is -0.389. The van der Waals surface area contributed by atoms with E-state index in [9.17, 15) is 4.79 Å². The molecule has 1 rings (SSSR count). The van der Waals surface area contributed by atoms with Gasteiger partial charge in [-0.3, -0.25) is 4.79 Å². The van der Waals surface area contributed by atoms with E-state index in [1.807, 2.05) is 25.1 Å². The van der Waals surface area contributed by atoms with Crippen molar-refractivity contribution in [3.05, 3.63) is 42.0 Å². The monoisotopic (exact) mass is 232 g/mol. The summed E-state index contributed by atoms with van der Waals surface area (Å²) in [6.07, 6.45) is 3.95. The van der Waals surface area contributed by atoms with Crippen molar-refractivity contribution in [2.24, 2.45) is 5.73 Å². The number of primary amides is 1. The second kappa shape index (κ2) is 6.09.